The Hall–Kier alpha value is -1.18. The number of rotatable bonds is 9. The zero-order chi connectivity index (χ0) is 19.3. The lowest BCUT2D eigenvalue weighted by molar-refractivity contribution is -0.120. The van der Waals surface area contributed by atoms with Crippen LogP contribution in [0.2, 0.25) is 0 Å². The Bertz CT molecular complexity index is 651. The number of ketones is 1. The molecule has 0 spiro atoms. The molecule has 1 aliphatic heterocycles. The number of ether oxygens (including phenoxy) is 1. The van der Waals surface area contributed by atoms with Crippen LogP contribution < -0.4 is 4.52 Å². The number of carbonyl (C=O) groups is 1. The zero-order valence-electron chi connectivity index (χ0n) is 15.6. The lowest BCUT2D eigenvalue weighted by Crippen LogP contribution is -2.27. The third-order valence-corrected chi connectivity index (χ3v) is 5.84. The van der Waals surface area contributed by atoms with E-state index in [-0.39, 0.29) is 24.3 Å². The van der Waals surface area contributed by atoms with Crippen LogP contribution in [0.4, 0.5) is 0 Å². The van der Waals surface area contributed by atoms with Crippen molar-refractivity contribution in [2.24, 2.45) is 5.92 Å². The average molecular weight is 384 g/mol. The molecule has 5 atom stereocenters. The van der Waals surface area contributed by atoms with Crippen LogP contribution in [0.15, 0.2) is 24.3 Å². The second-order valence-corrected chi connectivity index (χ2v) is 8.28. The highest BCUT2D eigenvalue weighted by Gasteiger charge is 2.40. The lowest BCUT2D eigenvalue weighted by atomic mass is 9.96. The highest BCUT2D eigenvalue weighted by molar-refractivity contribution is 7.48. The number of phosphoric ester groups is 1. The lowest BCUT2D eigenvalue weighted by Gasteiger charge is -2.22. The Morgan fingerprint density at radius 1 is 1.42 bits per heavy atom. The maximum absolute atomic E-state index is 12.8. The van der Waals surface area contributed by atoms with E-state index < -0.39 is 20.0 Å². The Labute approximate surface area is 155 Å². The minimum atomic E-state index is -3.85. The van der Waals surface area contributed by atoms with E-state index in [1.807, 2.05) is 26.9 Å². The van der Waals surface area contributed by atoms with Gasteiger partial charge in [0.1, 0.15) is 31.6 Å². The molecule has 0 saturated carbocycles. The number of carbonyl (C=O) groups excluding carboxylic acids is 1. The standard InChI is InChI=1S/C17H26BO7P/c1-11(12(2)20)8-13-4-6-14(7-5-13)24-26(21,22-3)25-15-9-17(18)23-16(15)10-19/h4-7,11,15-17,19H,8-10,18H2,1-3H3/t11?,15-,16-,17?,26?/m1/s1. The summed E-state index contributed by atoms with van der Waals surface area (Å²) >= 11 is 0. The number of aliphatic hydroxyl groups excluding tert-OH is 1. The van der Waals surface area contributed by atoms with Gasteiger partial charge in [-0.3, -0.25) is 13.8 Å². The van der Waals surface area contributed by atoms with Gasteiger partial charge in [0, 0.05) is 19.0 Å². The Balaban J connectivity index is 2.02. The first-order valence-electron chi connectivity index (χ1n) is 8.65. The molecular weight excluding hydrogens is 358 g/mol. The summed E-state index contributed by atoms with van der Waals surface area (Å²) in [6.45, 7) is 3.21. The van der Waals surface area contributed by atoms with Gasteiger partial charge in [-0.2, -0.15) is 0 Å². The molecule has 3 unspecified atom stereocenters. The van der Waals surface area contributed by atoms with Crippen LogP contribution in [-0.2, 0) is 29.6 Å². The van der Waals surface area contributed by atoms with Crippen LogP contribution in [0.1, 0.15) is 25.8 Å². The van der Waals surface area contributed by atoms with Crippen LogP contribution in [0.5, 0.6) is 5.75 Å². The van der Waals surface area contributed by atoms with E-state index in [9.17, 15) is 14.5 Å². The molecule has 1 aromatic rings. The van der Waals surface area contributed by atoms with Gasteiger partial charge in [0.15, 0.2) is 0 Å². The number of benzene rings is 1. The van der Waals surface area contributed by atoms with E-state index in [0.717, 1.165) is 5.56 Å². The van der Waals surface area contributed by atoms with Gasteiger partial charge < -0.3 is 14.4 Å². The SMILES string of the molecule is BC1C[C@@H](OP(=O)(OC)Oc2ccc(CC(C)C(C)=O)cc2)[C@@H](CO)O1. The Morgan fingerprint density at radius 3 is 2.62 bits per heavy atom. The fourth-order valence-electron chi connectivity index (χ4n) is 2.77. The molecule has 2 rings (SSSR count). The summed E-state index contributed by atoms with van der Waals surface area (Å²) in [6, 6.07) is 6.84. The van der Waals surface area contributed by atoms with E-state index >= 15 is 0 Å². The molecule has 0 amide bonds. The van der Waals surface area contributed by atoms with Gasteiger partial charge in [-0.15, -0.1) is 0 Å². The summed E-state index contributed by atoms with van der Waals surface area (Å²) in [6.07, 6.45) is -0.0168. The highest BCUT2D eigenvalue weighted by Crippen LogP contribution is 2.51. The fourth-order valence-corrected chi connectivity index (χ4v) is 3.91. The van der Waals surface area contributed by atoms with Gasteiger partial charge in [-0.1, -0.05) is 19.1 Å². The molecule has 0 aromatic heterocycles. The molecule has 7 nitrogen and oxygen atoms in total. The summed E-state index contributed by atoms with van der Waals surface area (Å²) < 4.78 is 34.3. The minimum Gasteiger partial charge on any atom is -0.404 e. The van der Waals surface area contributed by atoms with Crippen LogP contribution >= 0.6 is 7.82 Å². The first-order valence-corrected chi connectivity index (χ1v) is 10.1. The van der Waals surface area contributed by atoms with E-state index in [4.69, 9.17) is 18.3 Å². The monoisotopic (exact) mass is 384 g/mol. The van der Waals surface area contributed by atoms with Crippen molar-refractivity contribution in [1.82, 2.24) is 0 Å². The van der Waals surface area contributed by atoms with Gasteiger partial charge in [0.2, 0.25) is 0 Å². The number of Topliss-reactive ketones (excluding diaryl/α,β-unsaturated/α-hetero) is 1. The van der Waals surface area contributed by atoms with E-state index in [1.165, 1.54) is 7.11 Å². The number of phosphoric acid groups is 1. The molecule has 144 valence electrons. The molecule has 0 bridgehead atoms. The number of aliphatic hydroxyl groups is 1. The van der Waals surface area contributed by atoms with Gasteiger partial charge in [-0.25, -0.2) is 4.57 Å². The van der Waals surface area contributed by atoms with Gasteiger partial charge in [0.05, 0.1) is 6.61 Å². The van der Waals surface area contributed by atoms with Crippen molar-refractivity contribution in [3.05, 3.63) is 29.8 Å². The first kappa shape index (κ1) is 21.1. The van der Waals surface area contributed by atoms with Crippen molar-refractivity contribution in [1.29, 1.82) is 0 Å². The summed E-state index contributed by atoms with van der Waals surface area (Å²) in [5.41, 5.74) is 0.978. The number of hydrogen-bond acceptors (Lipinski definition) is 7. The largest absolute Gasteiger partial charge is 0.530 e. The van der Waals surface area contributed by atoms with Gasteiger partial charge >= 0.3 is 7.82 Å². The van der Waals surface area contributed by atoms with Crippen LogP contribution in [0.25, 0.3) is 0 Å². The molecule has 0 radical (unpaired) electrons. The summed E-state index contributed by atoms with van der Waals surface area (Å²) in [4.78, 5) is 11.4. The molecule has 1 saturated heterocycles. The molecule has 9 heteroatoms. The fraction of sp³-hybridized carbons (Fsp3) is 0.588. The third-order valence-electron chi connectivity index (χ3n) is 4.43. The molecule has 26 heavy (non-hydrogen) atoms. The van der Waals surface area contributed by atoms with Crippen molar-refractivity contribution in [2.45, 2.75) is 44.9 Å². The predicted octanol–water partition coefficient (Wildman–Crippen LogP) is 1.71. The summed E-state index contributed by atoms with van der Waals surface area (Å²) in [5.74, 6) is 0.408. The second-order valence-electron chi connectivity index (χ2n) is 6.63. The summed E-state index contributed by atoms with van der Waals surface area (Å²) in [7, 11) is -0.752. The van der Waals surface area contributed by atoms with E-state index in [0.29, 0.717) is 18.6 Å². The molecule has 1 heterocycles. The van der Waals surface area contributed by atoms with Crippen molar-refractivity contribution in [2.75, 3.05) is 13.7 Å². The van der Waals surface area contributed by atoms with Gasteiger partial charge in [-0.05, 0) is 37.5 Å². The minimum absolute atomic E-state index is 0.0602. The average Bonchev–Trinajstić information content (AvgIpc) is 2.95. The smallest absolute Gasteiger partial charge is 0.404 e. The molecule has 1 N–H and O–H groups in total. The second kappa shape index (κ2) is 9.15. The van der Waals surface area contributed by atoms with Crippen molar-refractivity contribution < 1.29 is 32.8 Å². The van der Waals surface area contributed by atoms with E-state index in [1.54, 1.807) is 19.1 Å². The summed E-state index contributed by atoms with van der Waals surface area (Å²) in [5, 5.41) is 9.35. The number of hydrogen-bond donors (Lipinski definition) is 1. The van der Waals surface area contributed by atoms with Crippen LogP contribution in [0, 0.1) is 5.92 Å². The van der Waals surface area contributed by atoms with Crippen molar-refractivity contribution in [3.8, 4) is 5.75 Å². The molecule has 1 fully saturated rings. The maximum atomic E-state index is 12.8. The van der Waals surface area contributed by atoms with Crippen molar-refractivity contribution >= 4 is 21.5 Å². The molecular formula is C17H26BO7P. The Kier molecular flexibility index (Phi) is 7.44. The molecule has 0 aliphatic carbocycles. The topological polar surface area (TPSA) is 91.3 Å². The molecule has 1 aromatic carbocycles. The van der Waals surface area contributed by atoms with E-state index in [2.05, 4.69) is 0 Å². The maximum Gasteiger partial charge on any atom is 0.530 e. The predicted molar refractivity (Wildman–Crippen MR) is 99.0 cm³/mol. The Morgan fingerprint density at radius 2 is 2.08 bits per heavy atom. The normalized spacial score (nSPS) is 26.2. The third kappa shape index (κ3) is 5.66. The zero-order valence-corrected chi connectivity index (χ0v) is 16.5. The quantitative estimate of drug-likeness (QED) is 0.512. The van der Waals surface area contributed by atoms with Crippen LogP contribution in [-0.4, -0.2) is 50.7 Å². The van der Waals surface area contributed by atoms with Crippen molar-refractivity contribution in [3.63, 3.8) is 0 Å². The molecule has 1 aliphatic rings. The highest BCUT2D eigenvalue weighted by atomic mass is 31.2. The van der Waals surface area contributed by atoms with Gasteiger partial charge in [0.25, 0.3) is 0 Å². The van der Waals surface area contributed by atoms with Crippen LogP contribution in [0.3, 0.4) is 0 Å². The first-order chi connectivity index (χ1) is 12.3.